The molecule has 2 aromatic heterocycles. The third-order valence-corrected chi connectivity index (χ3v) is 3.13. The number of nitrogens with zero attached hydrogens (tertiary/aromatic N) is 3. The van der Waals surface area contributed by atoms with Crippen molar-refractivity contribution in [1.29, 1.82) is 0 Å². The normalized spacial score (nSPS) is 10.8. The molecule has 2 N–H and O–H groups in total. The molecule has 0 bridgehead atoms. The number of aromatic nitrogens is 4. The third kappa shape index (κ3) is 2.89. The van der Waals surface area contributed by atoms with E-state index in [4.69, 9.17) is 0 Å². The largest absolute Gasteiger partial charge is 0.346 e. The van der Waals surface area contributed by atoms with Gasteiger partial charge in [-0.25, -0.2) is 4.98 Å². The lowest BCUT2D eigenvalue weighted by atomic mass is 10.2. The van der Waals surface area contributed by atoms with Crippen LogP contribution in [0.5, 0.6) is 0 Å². The van der Waals surface area contributed by atoms with Crippen molar-refractivity contribution >= 4 is 16.9 Å². The van der Waals surface area contributed by atoms with E-state index in [9.17, 15) is 4.79 Å². The van der Waals surface area contributed by atoms with Gasteiger partial charge in [-0.1, -0.05) is 0 Å². The second-order valence-corrected chi connectivity index (χ2v) is 4.89. The van der Waals surface area contributed by atoms with Crippen molar-refractivity contribution < 1.29 is 4.79 Å². The molecule has 21 heavy (non-hydrogen) atoms. The maximum Gasteiger partial charge on any atom is 0.251 e. The molecule has 0 saturated carbocycles. The highest BCUT2D eigenvalue weighted by Gasteiger charge is 2.08. The van der Waals surface area contributed by atoms with Gasteiger partial charge in [-0.15, -0.1) is 0 Å². The Morgan fingerprint density at radius 3 is 2.86 bits per heavy atom. The van der Waals surface area contributed by atoms with Gasteiger partial charge in [0.25, 0.3) is 5.91 Å². The Kier molecular flexibility index (Phi) is 3.35. The highest BCUT2D eigenvalue weighted by molar-refractivity contribution is 5.97. The molecule has 3 rings (SSSR count). The topological polar surface area (TPSA) is 83.6 Å². The zero-order chi connectivity index (χ0) is 14.8. The van der Waals surface area contributed by atoms with Crippen LogP contribution in [0.2, 0.25) is 0 Å². The second-order valence-electron chi connectivity index (χ2n) is 4.89. The van der Waals surface area contributed by atoms with Gasteiger partial charge in [0, 0.05) is 11.8 Å². The zero-order valence-corrected chi connectivity index (χ0v) is 11.8. The lowest BCUT2D eigenvalue weighted by molar-refractivity contribution is 0.0950. The molecule has 0 atom stereocenters. The molecular weight excluding hydrogens is 266 g/mol. The number of carbonyl (C=O) groups excluding carboxylic acids is 1. The first kappa shape index (κ1) is 13.2. The minimum Gasteiger partial charge on any atom is -0.346 e. The number of hydrogen-bond acceptors (Lipinski definition) is 4. The van der Waals surface area contributed by atoms with Crippen LogP contribution < -0.4 is 5.32 Å². The van der Waals surface area contributed by atoms with Crippen LogP contribution >= 0.6 is 0 Å². The summed E-state index contributed by atoms with van der Waals surface area (Å²) in [6.07, 6.45) is 3.35. The number of amides is 1. The quantitative estimate of drug-likeness (QED) is 0.768. The molecule has 1 aromatic carbocycles. The van der Waals surface area contributed by atoms with E-state index in [1.165, 1.54) is 0 Å². The Balaban J connectivity index is 1.72. The van der Waals surface area contributed by atoms with Crippen molar-refractivity contribution in [1.82, 2.24) is 25.3 Å². The first-order chi connectivity index (χ1) is 10.1. The molecule has 106 valence electrons. The number of imidazole rings is 1. The molecule has 0 unspecified atom stereocenters. The number of carbonyl (C=O) groups is 1. The molecule has 6 heteroatoms. The van der Waals surface area contributed by atoms with Crippen LogP contribution in [0, 0.1) is 13.8 Å². The summed E-state index contributed by atoms with van der Waals surface area (Å²) >= 11 is 0. The molecule has 0 aliphatic heterocycles. The van der Waals surface area contributed by atoms with Crippen LogP contribution in [0.1, 0.15) is 27.6 Å². The number of hydrogen-bond donors (Lipinski definition) is 2. The summed E-state index contributed by atoms with van der Waals surface area (Å²) < 4.78 is 0. The van der Waals surface area contributed by atoms with Crippen LogP contribution in [0.3, 0.4) is 0 Å². The Bertz CT molecular complexity index is 791. The average molecular weight is 281 g/mol. The van der Waals surface area contributed by atoms with Gasteiger partial charge < -0.3 is 10.3 Å². The molecule has 0 saturated heterocycles. The van der Waals surface area contributed by atoms with Gasteiger partial charge in [0.2, 0.25) is 0 Å². The van der Waals surface area contributed by atoms with Gasteiger partial charge in [0.05, 0.1) is 35.2 Å². The summed E-state index contributed by atoms with van der Waals surface area (Å²) in [6.45, 7) is 4.11. The van der Waals surface area contributed by atoms with Gasteiger partial charge in [-0.3, -0.25) is 14.8 Å². The second kappa shape index (κ2) is 5.32. The van der Waals surface area contributed by atoms with E-state index in [-0.39, 0.29) is 5.91 Å². The molecule has 0 aliphatic carbocycles. The van der Waals surface area contributed by atoms with Gasteiger partial charge in [0.1, 0.15) is 5.82 Å². The number of aryl methyl sites for hydroxylation is 2. The number of fused-ring (bicyclic) bond motifs is 1. The van der Waals surface area contributed by atoms with Gasteiger partial charge in [-0.05, 0) is 32.0 Å². The molecule has 3 aromatic rings. The summed E-state index contributed by atoms with van der Waals surface area (Å²) in [4.78, 5) is 27.9. The first-order valence-corrected chi connectivity index (χ1v) is 6.64. The fraction of sp³-hybridized carbons (Fsp3) is 0.200. The molecule has 0 aliphatic rings. The Morgan fingerprint density at radius 1 is 1.24 bits per heavy atom. The fourth-order valence-electron chi connectivity index (χ4n) is 2.06. The van der Waals surface area contributed by atoms with Crippen LogP contribution in [0.15, 0.2) is 30.6 Å². The van der Waals surface area contributed by atoms with E-state index in [0.717, 1.165) is 28.2 Å². The van der Waals surface area contributed by atoms with Crippen molar-refractivity contribution in [3.8, 4) is 0 Å². The van der Waals surface area contributed by atoms with E-state index in [1.54, 1.807) is 24.5 Å². The Morgan fingerprint density at radius 2 is 2.10 bits per heavy atom. The summed E-state index contributed by atoms with van der Waals surface area (Å²) in [5.74, 6) is 0.684. The molecule has 0 radical (unpaired) electrons. The average Bonchev–Trinajstić information content (AvgIpc) is 2.85. The first-order valence-electron chi connectivity index (χ1n) is 6.64. The molecule has 0 fully saturated rings. The van der Waals surface area contributed by atoms with Crippen molar-refractivity contribution in [2.75, 3.05) is 0 Å². The summed E-state index contributed by atoms with van der Waals surface area (Å²) in [7, 11) is 0. The van der Waals surface area contributed by atoms with Crippen molar-refractivity contribution in [3.63, 3.8) is 0 Å². The number of benzene rings is 1. The van der Waals surface area contributed by atoms with E-state index >= 15 is 0 Å². The zero-order valence-electron chi connectivity index (χ0n) is 11.8. The van der Waals surface area contributed by atoms with E-state index in [1.807, 2.05) is 19.9 Å². The summed E-state index contributed by atoms with van der Waals surface area (Å²) in [6, 6.07) is 5.39. The van der Waals surface area contributed by atoms with E-state index < -0.39 is 0 Å². The number of aromatic amines is 1. The van der Waals surface area contributed by atoms with Crippen molar-refractivity contribution in [3.05, 3.63) is 53.4 Å². The van der Waals surface area contributed by atoms with Gasteiger partial charge >= 0.3 is 0 Å². The Hall–Kier alpha value is -2.76. The van der Waals surface area contributed by atoms with Crippen LogP contribution in [-0.2, 0) is 6.54 Å². The monoisotopic (exact) mass is 281 g/mol. The lowest BCUT2D eigenvalue weighted by Gasteiger charge is -2.05. The smallest absolute Gasteiger partial charge is 0.251 e. The molecule has 0 spiro atoms. The van der Waals surface area contributed by atoms with Crippen LogP contribution in [-0.4, -0.2) is 25.8 Å². The SMILES string of the molecule is Cc1cnc(CNC(=O)c2ccc3nc(C)[nH]c3c2)cn1. The molecule has 6 nitrogen and oxygen atoms in total. The molecule has 1 amide bonds. The van der Waals surface area contributed by atoms with Crippen LogP contribution in [0.25, 0.3) is 11.0 Å². The minimum absolute atomic E-state index is 0.147. The lowest BCUT2D eigenvalue weighted by Crippen LogP contribution is -2.23. The number of nitrogens with one attached hydrogen (secondary N) is 2. The maximum atomic E-state index is 12.1. The standard InChI is InChI=1S/C15H15N5O/c1-9-6-17-12(7-16-9)8-18-15(21)11-3-4-13-14(5-11)20-10(2)19-13/h3-7H,8H2,1-2H3,(H,18,21)(H,19,20). The number of H-pyrrole nitrogens is 1. The molecular formula is C15H15N5O. The van der Waals surface area contributed by atoms with Crippen LogP contribution in [0.4, 0.5) is 0 Å². The molecule has 2 heterocycles. The van der Waals surface area contributed by atoms with Crippen molar-refractivity contribution in [2.45, 2.75) is 20.4 Å². The van der Waals surface area contributed by atoms with E-state index in [0.29, 0.717) is 12.1 Å². The van der Waals surface area contributed by atoms with Crippen molar-refractivity contribution in [2.24, 2.45) is 0 Å². The predicted octanol–water partition coefficient (Wildman–Crippen LogP) is 1.90. The predicted molar refractivity (Wildman–Crippen MR) is 78.8 cm³/mol. The summed E-state index contributed by atoms with van der Waals surface area (Å²) in [5, 5.41) is 2.83. The fourth-order valence-corrected chi connectivity index (χ4v) is 2.06. The summed E-state index contributed by atoms with van der Waals surface area (Å²) in [5.41, 5.74) is 3.88. The highest BCUT2D eigenvalue weighted by Crippen LogP contribution is 2.13. The number of rotatable bonds is 3. The minimum atomic E-state index is -0.147. The third-order valence-electron chi connectivity index (χ3n) is 3.13. The van der Waals surface area contributed by atoms with E-state index in [2.05, 4.69) is 25.3 Å². The Labute approximate surface area is 121 Å². The highest BCUT2D eigenvalue weighted by atomic mass is 16.1. The van der Waals surface area contributed by atoms with Gasteiger partial charge in [-0.2, -0.15) is 0 Å². The van der Waals surface area contributed by atoms with Gasteiger partial charge in [0.15, 0.2) is 0 Å². The maximum absolute atomic E-state index is 12.1.